The number of aromatic nitrogens is 1. The number of halogens is 1. The topological polar surface area (TPSA) is 72.0 Å². The maximum Gasteiger partial charge on any atom is 0.330 e. The second-order valence-electron chi connectivity index (χ2n) is 7.69. The largest absolute Gasteiger partial charge is 0.378 e. The number of anilines is 2. The van der Waals surface area contributed by atoms with Crippen molar-refractivity contribution in [1.82, 2.24) is 4.98 Å². The molecule has 0 spiro atoms. The molecule has 7 nitrogen and oxygen atoms in total. The number of thiazole rings is 1. The van der Waals surface area contributed by atoms with E-state index in [9.17, 15) is 9.59 Å². The van der Waals surface area contributed by atoms with Gasteiger partial charge >= 0.3 is 5.97 Å². The molecule has 0 N–H and O–H groups in total. The molecule has 0 saturated carbocycles. The Labute approximate surface area is 182 Å². The molecule has 156 valence electrons. The van der Waals surface area contributed by atoms with Crippen LogP contribution in [0.4, 0.5) is 10.1 Å². The fourth-order valence-electron chi connectivity index (χ4n) is 2.89. The number of carbonyl (C=O) groups is 2. The molecule has 1 aromatic heterocycles. The Morgan fingerprint density at radius 2 is 1.97 bits per heavy atom. The van der Waals surface area contributed by atoms with Gasteiger partial charge in [0.15, 0.2) is 0 Å². The summed E-state index contributed by atoms with van der Waals surface area (Å²) in [7, 11) is 0. The number of carbonyl (C=O) groups excluding carboxylic acids is 2. The Kier molecular flexibility index (Phi) is 6.60. The van der Waals surface area contributed by atoms with Crippen molar-refractivity contribution in [2.75, 3.05) is 36.3 Å². The van der Waals surface area contributed by atoms with Crippen LogP contribution in [-0.2, 0) is 19.8 Å². The van der Waals surface area contributed by atoms with E-state index in [4.69, 9.17) is 14.6 Å². The quantitative estimate of drug-likeness (QED) is 0.612. The highest BCUT2D eigenvalue weighted by Gasteiger charge is 2.32. The Bertz CT molecular complexity index is 903. The molecule has 1 fully saturated rings. The van der Waals surface area contributed by atoms with Gasteiger partial charge in [0.2, 0.25) is 5.13 Å². The van der Waals surface area contributed by atoms with Gasteiger partial charge in [0.25, 0.3) is 5.91 Å². The van der Waals surface area contributed by atoms with Crippen molar-refractivity contribution in [2.24, 2.45) is 0 Å². The van der Waals surface area contributed by atoms with E-state index in [-0.39, 0.29) is 5.41 Å². The summed E-state index contributed by atoms with van der Waals surface area (Å²) in [5.74, 6) is -1.04. The van der Waals surface area contributed by atoms with Crippen LogP contribution in [-0.4, -0.2) is 43.2 Å². The van der Waals surface area contributed by atoms with Crippen LogP contribution in [0.5, 0.6) is 0 Å². The minimum Gasteiger partial charge on any atom is -0.378 e. The van der Waals surface area contributed by atoms with Gasteiger partial charge in [-0.1, -0.05) is 54.1 Å². The molecule has 3 rings (SSSR count). The van der Waals surface area contributed by atoms with Gasteiger partial charge in [-0.25, -0.2) is 9.78 Å². The average Bonchev–Trinajstić information content (AvgIpc) is 3.12. The summed E-state index contributed by atoms with van der Waals surface area (Å²) < 4.78 is 6.22. The van der Waals surface area contributed by atoms with E-state index in [0.29, 0.717) is 23.9 Å². The minimum absolute atomic E-state index is 0.247. The molecule has 1 aromatic carbocycles. The zero-order valence-corrected chi connectivity index (χ0v) is 19.3. The first kappa shape index (κ1) is 21.7. The van der Waals surface area contributed by atoms with Crippen molar-refractivity contribution in [3.63, 3.8) is 0 Å². The zero-order valence-electron chi connectivity index (χ0n) is 16.9. The molecule has 2 heterocycles. The molecule has 29 heavy (non-hydrogen) atoms. The summed E-state index contributed by atoms with van der Waals surface area (Å²) in [4.78, 5) is 37.1. The number of ether oxygens (including phenoxy) is 1. The predicted molar refractivity (Wildman–Crippen MR) is 117 cm³/mol. The maximum absolute atomic E-state index is 13.1. The van der Waals surface area contributed by atoms with Crippen LogP contribution in [0, 0.1) is 0 Å². The molecule has 9 heteroatoms. The van der Waals surface area contributed by atoms with Gasteiger partial charge in [0.1, 0.15) is 5.00 Å². The minimum atomic E-state index is -0.589. The second kappa shape index (κ2) is 8.81. The van der Waals surface area contributed by atoms with Crippen molar-refractivity contribution >= 4 is 49.3 Å². The molecule has 0 aliphatic carbocycles. The van der Waals surface area contributed by atoms with Gasteiger partial charge in [-0.05, 0) is 18.2 Å². The van der Waals surface area contributed by atoms with Gasteiger partial charge in [0, 0.05) is 35.5 Å². The van der Waals surface area contributed by atoms with Gasteiger partial charge in [-0.15, -0.1) is 5.06 Å². The lowest BCUT2D eigenvalue weighted by Crippen LogP contribution is -2.37. The molecule has 0 bridgehead atoms. The zero-order chi connectivity index (χ0) is 21.2. The SMILES string of the molecule is CC(=O)ON(C(=O)c1cccc(Br)c1)c1nc(C(C)(C)C)c(N2CCOCC2)s1. The number of benzene rings is 1. The normalized spacial score (nSPS) is 14.6. The predicted octanol–water partition coefficient (Wildman–Crippen LogP) is 4.16. The van der Waals surface area contributed by atoms with Crippen LogP contribution in [0.15, 0.2) is 28.7 Å². The molecule has 1 aliphatic heterocycles. The first-order valence-electron chi connectivity index (χ1n) is 9.29. The van der Waals surface area contributed by atoms with E-state index >= 15 is 0 Å². The van der Waals surface area contributed by atoms with Crippen molar-refractivity contribution in [1.29, 1.82) is 0 Å². The summed E-state index contributed by atoms with van der Waals surface area (Å²) in [6.07, 6.45) is 0. The molecular weight excluding hydrogens is 458 g/mol. The number of morpholine rings is 1. The van der Waals surface area contributed by atoms with Crippen LogP contribution in [0.25, 0.3) is 0 Å². The Morgan fingerprint density at radius 3 is 2.55 bits per heavy atom. The Balaban J connectivity index is 2.04. The molecule has 0 atom stereocenters. The number of nitrogens with zero attached hydrogens (tertiary/aromatic N) is 3. The van der Waals surface area contributed by atoms with Crippen molar-refractivity contribution in [3.8, 4) is 0 Å². The summed E-state index contributed by atoms with van der Waals surface area (Å²) >= 11 is 4.72. The summed E-state index contributed by atoms with van der Waals surface area (Å²) in [6.45, 7) is 10.3. The first-order valence-corrected chi connectivity index (χ1v) is 10.9. The number of hydroxylamine groups is 1. The van der Waals surface area contributed by atoms with E-state index in [1.165, 1.54) is 18.3 Å². The van der Waals surface area contributed by atoms with Crippen molar-refractivity contribution in [3.05, 3.63) is 40.0 Å². The summed E-state index contributed by atoms with van der Waals surface area (Å²) in [5.41, 5.74) is 1.00. The third-order valence-corrected chi connectivity index (χ3v) is 5.83. The molecule has 1 amide bonds. The maximum atomic E-state index is 13.1. The monoisotopic (exact) mass is 481 g/mol. The van der Waals surface area contributed by atoms with Crippen molar-refractivity contribution in [2.45, 2.75) is 33.1 Å². The number of hydrogen-bond acceptors (Lipinski definition) is 7. The lowest BCUT2D eigenvalue weighted by atomic mass is 9.92. The van der Waals surface area contributed by atoms with Gasteiger partial charge < -0.3 is 14.5 Å². The highest BCUT2D eigenvalue weighted by Crippen LogP contribution is 2.41. The van der Waals surface area contributed by atoms with Crippen LogP contribution in [0.2, 0.25) is 0 Å². The average molecular weight is 482 g/mol. The van der Waals surface area contributed by atoms with Gasteiger partial charge in [-0.3, -0.25) is 4.79 Å². The molecule has 2 aromatic rings. The first-order chi connectivity index (χ1) is 13.7. The lowest BCUT2D eigenvalue weighted by Gasteiger charge is -2.30. The van der Waals surface area contributed by atoms with Crippen LogP contribution in [0.1, 0.15) is 43.7 Å². The molecule has 1 saturated heterocycles. The number of amides is 1. The Hall–Kier alpha value is -1.97. The van der Waals surface area contributed by atoms with E-state index in [2.05, 4.69) is 41.6 Å². The second-order valence-corrected chi connectivity index (χ2v) is 9.56. The highest BCUT2D eigenvalue weighted by atomic mass is 79.9. The summed E-state index contributed by atoms with van der Waals surface area (Å²) in [6, 6.07) is 6.93. The fourth-order valence-corrected chi connectivity index (χ4v) is 4.56. The van der Waals surface area contributed by atoms with Gasteiger partial charge in [0.05, 0.1) is 18.9 Å². The number of rotatable bonds is 3. The molecule has 0 radical (unpaired) electrons. The van der Waals surface area contributed by atoms with E-state index in [1.807, 2.05) is 6.07 Å². The van der Waals surface area contributed by atoms with Crippen LogP contribution >= 0.6 is 27.3 Å². The number of hydrogen-bond donors (Lipinski definition) is 0. The van der Waals surface area contributed by atoms with Gasteiger partial charge in [-0.2, -0.15) is 0 Å². The smallest absolute Gasteiger partial charge is 0.330 e. The molecule has 1 aliphatic rings. The molecular formula is C20H24BrN3O4S. The fraction of sp³-hybridized carbons (Fsp3) is 0.450. The third kappa shape index (κ3) is 5.15. The molecule has 0 unspecified atom stereocenters. The third-order valence-electron chi connectivity index (χ3n) is 4.26. The highest BCUT2D eigenvalue weighted by molar-refractivity contribution is 9.10. The standard InChI is InChI=1S/C20H24BrN3O4S/c1-13(25)28-24(17(26)14-6-5-7-15(21)12-14)19-22-16(20(2,3)4)18(29-19)23-8-10-27-11-9-23/h5-7,12H,8-11H2,1-4H3. The van der Waals surface area contributed by atoms with Crippen LogP contribution < -0.4 is 9.96 Å². The van der Waals surface area contributed by atoms with E-state index < -0.39 is 11.9 Å². The summed E-state index contributed by atoms with van der Waals surface area (Å²) in [5, 5.41) is 2.29. The van der Waals surface area contributed by atoms with E-state index in [1.54, 1.807) is 18.2 Å². The lowest BCUT2D eigenvalue weighted by molar-refractivity contribution is -0.141. The Morgan fingerprint density at radius 1 is 1.28 bits per heavy atom. The van der Waals surface area contributed by atoms with E-state index in [0.717, 1.165) is 33.3 Å². The van der Waals surface area contributed by atoms with Crippen LogP contribution in [0.3, 0.4) is 0 Å². The van der Waals surface area contributed by atoms with Crippen molar-refractivity contribution < 1.29 is 19.2 Å².